The van der Waals surface area contributed by atoms with E-state index in [0.717, 1.165) is 0 Å². The molecule has 0 aromatic rings. The maximum Gasteiger partial charge on any atom is 0.272 e. The van der Waals surface area contributed by atoms with Gasteiger partial charge in [0.2, 0.25) is 0 Å². The van der Waals surface area contributed by atoms with E-state index in [4.69, 9.17) is 5.11 Å². The minimum atomic E-state index is -2.85. The monoisotopic (exact) mass is 188 g/mol. The van der Waals surface area contributed by atoms with Crippen molar-refractivity contribution in [3.05, 3.63) is 36.1 Å². The van der Waals surface area contributed by atoms with Gasteiger partial charge in [0.1, 0.15) is 0 Å². The van der Waals surface area contributed by atoms with Crippen molar-refractivity contribution in [2.24, 2.45) is 0 Å². The highest BCUT2D eigenvalue weighted by Crippen LogP contribution is 2.26. The van der Waals surface area contributed by atoms with Crippen LogP contribution in [0.25, 0.3) is 0 Å². The average molecular weight is 188 g/mol. The molecule has 0 spiro atoms. The van der Waals surface area contributed by atoms with Gasteiger partial charge in [-0.3, -0.25) is 0 Å². The molecule has 1 nitrogen and oxygen atoms in total. The molecule has 0 unspecified atom stereocenters. The summed E-state index contributed by atoms with van der Waals surface area (Å²) in [5, 5.41) is 8.72. The number of aliphatic hydroxyl groups excluding tert-OH is 1. The Morgan fingerprint density at radius 1 is 1.54 bits per heavy atom. The lowest BCUT2D eigenvalue weighted by atomic mass is 10.1. The Morgan fingerprint density at radius 3 is 2.46 bits per heavy atom. The molecule has 0 rings (SSSR count). The van der Waals surface area contributed by atoms with Crippen LogP contribution in [0.5, 0.6) is 0 Å². The van der Waals surface area contributed by atoms with Crippen molar-refractivity contribution in [3.8, 4) is 0 Å². The molecular formula is C10H14F2O. The molecule has 0 saturated heterocycles. The molecule has 0 atom stereocenters. The molecule has 3 heteroatoms. The molecule has 0 aliphatic rings. The van der Waals surface area contributed by atoms with E-state index in [-0.39, 0.29) is 17.8 Å². The van der Waals surface area contributed by atoms with Crippen LogP contribution in [0.15, 0.2) is 36.1 Å². The van der Waals surface area contributed by atoms with Crippen LogP contribution in [-0.4, -0.2) is 11.0 Å². The van der Waals surface area contributed by atoms with Gasteiger partial charge in [0.25, 0.3) is 5.92 Å². The average Bonchev–Trinajstić information content (AvgIpc) is 2.03. The van der Waals surface area contributed by atoms with E-state index in [1.165, 1.54) is 32.1 Å². The van der Waals surface area contributed by atoms with E-state index >= 15 is 0 Å². The fourth-order valence-electron chi connectivity index (χ4n) is 0.653. The van der Waals surface area contributed by atoms with E-state index in [1.807, 2.05) is 0 Å². The van der Waals surface area contributed by atoms with Gasteiger partial charge in [-0.15, -0.1) is 0 Å². The smallest absolute Gasteiger partial charge is 0.272 e. The van der Waals surface area contributed by atoms with Crippen LogP contribution >= 0.6 is 0 Å². The summed E-state index contributed by atoms with van der Waals surface area (Å²) in [5.74, 6) is -2.78. The SMILES string of the molecule is C=C(/C=C\C=C(/C)O)C(F)(F)CC. The molecule has 0 bridgehead atoms. The van der Waals surface area contributed by atoms with Gasteiger partial charge in [-0.05, 0) is 13.0 Å². The summed E-state index contributed by atoms with van der Waals surface area (Å²) in [7, 11) is 0. The van der Waals surface area contributed by atoms with E-state index in [1.54, 1.807) is 0 Å². The van der Waals surface area contributed by atoms with Crippen molar-refractivity contribution in [1.29, 1.82) is 0 Å². The van der Waals surface area contributed by atoms with Gasteiger partial charge in [-0.2, -0.15) is 0 Å². The first-order valence-electron chi connectivity index (χ1n) is 4.01. The number of rotatable bonds is 4. The number of hydrogen-bond donors (Lipinski definition) is 1. The third-order valence-corrected chi connectivity index (χ3v) is 1.55. The van der Waals surface area contributed by atoms with Gasteiger partial charge in [0, 0.05) is 12.0 Å². The van der Waals surface area contributed by atoms with Crippen LogP contribution < -0.4 is 0 Å². The first-order valence-corrected chi connectivity index (χ1v) is 4.01. The fourth-order valence-corrected chi connectivity index (χ4v) is 0.653. The molecule has 1 N–H and O–H groups in total. The number of hydrogen-bond acceptors (Lipinski definition) is 1. The van der Waals surface area contributed by atoms with Crippen molar-refractivity contribution < 1.29 is 13.9 Å². The maximum atomic E-state index is 12.8. The third-order valence-electron chi connectivity index (χ3n) is 1.55. The normalized spacial score (nSPS) is 13.7. The highest BCUT2D eigenvalue weighted by atomic mass is 19.3. The van der Waals surface area contributed by atoms with Gasteiger partial charge in [0.05, 0.1) is 5.76 Å². The second-order valence-electron chi connectivity index (χ2n) is 2.75. The lowest BCUT2D eigenvalue weighted by Gasteiger charge is -2.13. The second kappa shape index (κ2) is 4.80. The number of alkyl halides is 2. The highest BCUT2D eigenvalue weighted by molar-refractivity contribution is 5.25. The van der Waals surface area contributed by atoms with Crippen LogP contribution in [0.2, 0.25) is 0 Å². The zero-order valence-corrected chi connectivity index (χ0v) is 7.85. The molecular weight excluding hydrogens is 174 g/mol. The molecule has 0 aliphatic heterocycles. The lowest BCUT2D eigenvalue weighted by molar-refractivity contribution is 0.0420. The van der Waals surface area contributed by atoms with Crippen LogP contribution in [0.3, 0.4) is 0 Å². The predicted octanol–water partition coefficient (Wildman–Crippen LogP) is 3.61. The minimum absolute atomic E-state index is 0.0730. The Bertz CT molecular complexity index is 235. The molecule has 0 radical (unpaired) electrons. The zero-order valence-electron chi connectivity index (χ0n) is 7.85. The van der Waals surface area contributed by atoms with Crippen LogP contribution in [0.1, 0.15) is 20.3 Å². The van der Waals surface area contributed by atoms with Gasteiger partial charge >= 0.3 is 0 Å². The van der Waals surface area contributed by atoms with E-state index in [2.05, 4.69) is 6.58 Å². The molecule has 74 valence electrons. The van der Waals surface area contributed by atoms with E-state index in [9.17, 15) is 8.78 Å². The second-order valence-corrected chi connectivity index (χ2v) is 2.75. The Morgan fingerprint density at radius 2 is 2.08 bits per heavy atom. The molecule has 13 heavy (non-hydrogen) atoms. The fraction of sp³-hybridized carbons (Fsp3) is 0.400. The number of aliphatic hydroxyl groups is 1. The van der Waals surface area contributed by atoms with Gasteiger partial charge in [0.15, 0.2) is 0 Å². The largest absolute Gasteiger partial charge is 0.513 e. The minimum Gasteiger partial charge on any atom is -0.513 e. The standard InChI is InChI=1S/C10H14F2O/c1-4-10(11,12)8(2)6-5-7-9(3)13/h5-7,13H,2,4H2,1,3H3/b6-5-,9-7+. The summed E-state index contributed by atoms with van der Waals surface area (Å²) in [6, 6.07) is 0. The topological polar surface area (TPSA) is 20.2 Å². The summed E-state index contributed by atoms with van der Waals surface area (Å²) in [5.41, 5.74) is -0.243. The third kappa shape index (κ3) is 4.45. The molecule has 0 aliphatic carbocycles. The van der Waals surface area contributed by atoms with Gasteiger partial charge < -0.3 is 5.11 Å². The van der Waals surface area contributed by atoms with Crippen molar-refractivity contribution >= 4 is 0 Å². The van der Waals surface area contributed by atoms with Crippen LogP contribution in [-0.2, 0) is 0 Å². The van der Waals surface area contributed by atoms with Crippen molar-refractivity contribution in [1.82, 2.24) is 0 Å². The summed E-state index contributed by atoms with van der Waals surface area (Å²) in [4.78, 5) is 0. The predicted molar refractivity (Wildman–Crippen MR) is 49.9 cm³/mol. The van der Waals surface area contributed by atoms with Gasteiger partial charge in [-0.25, -0.2) is 8.78 Å². The summed E-state index contributed by atoms with van der Waals surface area (Å²) < 4.78 is 25.7. The van der Waals surface area contributed by atoms with Crippen LogP contribution in [0, 0.1) is 0 Å². The number of halogens is 2. The highest BCUT2D eigenvalue weighted by Gasteiger charge is 2.27. The van der Waals surface area contributed by atoms with Crippen LogP contribution in [0.4, 0.5) is 8.78 Å². The molecule has 0 fully saturated rings. The Balaban J connectivity index is 4.32. The molecule has 0 amide bonds. The molecule has 0 aromatic heterocycles. The quantitative estimate of drug-likeness (QED) is 0.527. The summed E-state index contributed by atoms with van der Waals surface area (Å²) in [6.07, 6.45) is 3.61. The molecule has 0 saturated carbocycles. The lowest BCUT2D eigenvalue weighted by Crippen LogP contribution is -2.15. The Labute approximate surface area is 77.1 Å². The van der Waals surface area contributed by atoms with E-state index in [0.29, 0.717) is 0 Å². The van der Waals surface area contributed by atoms with Crippen molar-refractivity contribution in [2.45, 2.75) is 26.2 Å². The molecule has 0 heterocycles. The summed E-state index contributed by atoms with van der Waals surface area (Å²) in [6.45, 7) is 6.10. The summed E-state index contributed by atoms with van der Waals surface area (Å²) >= 11 is 0. The Kier molecular flexibility index (Phi) is 4.38. The number of allylic oxidation sites excluding steroid dienone is 5. The molecule has 0 aromatic carbocycles. The zero-order chi connectivity index (χ0) is 10.5. The van der Waals surface area contributed by atoms with E-state index < -0.39 is 5.92 Å². The first kappa shape index (κ1) is 11.9. The van der Waals surface area contributed by atoms with Gasteiger partial charge in [-0.1, -0.05) is 25.7 Å². The Hall–Kier alpha value is -1.12. The first-order chi connectivity index (χ1) is 5.90. The van der Waals surface area contributed by atoms with Crippen molar-refractivity contribution in [3.63, 3.8) is 0 Å². The van der Waals surface area contributed by atoms with Crippen molar-refractivity contribution in [2.75, 3.05) is 0 Å². The maximum absolute atomic E-state index is 12.8.